The third kappa shape index (κ3) is 2.05. The average Bonchev–Trinajstić information content (AvgIpc) is 1.94. The van der Waals surface area contributed by atoms with Crippen LogP contribution in [0.25, 0.3) is 0 Å². The smallest absolute Gasteiger partial charge is 0.308 e. The molecule has 0 fully saturated rings. The topological polar surface area (TPSA) is 26.3 Å². The lowest BCUT2D eigenvalue weighted by Crippen LogP contribution is -2.02. The maximum atomic E-state index is 12.5. The van der Waals surface area contributed by atoms with Gasteiger partial charge in [-0.25, -0.2) is 4.39 Å². The third-order valence-electron chi connectivity index (χ3n) is 1.39. The first-order chi connectivity index (χ1) is 5.59. The Morgan fingerprint density at radius 2 is 2.17 bits per heavy atom. The molecule has 0 bridgehead atoms. The van der Waals surface area contributed by atoms with Gasteiger partial charge in [0.2, 0.25) is 0 Å². The summed E-state index contributed by atoms with van der Waals surface area (Å²) in [7, 11) is 0. The highest BCUT2D eigenvalue weighted by Crippen LogP contribution is 2.18. The molecule has 0 aliphatic rings. The summed E-state index contributed by atoms with van der Waals surface area (Å²) in [5, 5.41) is 0. The average molecular weight is 168 g/mol. The first kappa shape index (κ1) is 8.71. The van der Waals surface area contributed by atoms with Crippen LogP contribution in [0.3, 0.4) is 0 Å². The molecule has 0 radical (unpaired) electrons. The lowest BCUT2D eigenvalue weighted by Gasteiger charge is -2.03. The minimum Gasteiger partial charge on any atom is -0.426 e. The Morgan fingerprint density at radius 1 is 1.50 bits per heavy atom. The monoisotopic (exact) mass is 168 g/mol. The number of halogens is 1. The van der Waals surface area contributed by atoms with Crippen LogP contribution in [-0.2, 0) is 4.79 Å². The molecule has 1 rings (SSSR count). The number of carbonyl (C=O) groups is 1. The molecule has 64 valence electrons. The van der Waals surface area contributed by atoms with E-state index in [2.05, 4.69) is 0 Å². The summed E-state index contributed by atoms with van der Waals surface area (Å²) in [5.74, 6) is -0.322. The van der Waals surface area contributed by atoms with E-state index in [1.807, 2.05) is 0 Å². The van der Waals surface area contributed by atoms with Gasteiger partial charge in [0.25, 0.3) is 0 Å². The van der Waals surface area contributed by atoms with Crippen molar-refractivity contribution in [1.82, 2.24) is 0 Å². The van der Waals surface area contributed by atoms with E-state index >= 15 is 0 Å². The van der Waals surface area contributed by atoms with Crippen molar-refractivity contribution < 1.29 is 13.9 Å². The van der Waals surface area contributed by atoms with E-state index < -0.39 is 5.97 Å². The second kappa shape index (κ2) is 3.34. The van der Waals surface area contributed by atoms with E-state index in [1.165, 1.54) is 25.1 Å². The van der Waals surface area contributed by atoms with Gasteiger partial charge in [0.05, 0.1) is 0 Å². The van der Waals surface area contributed by atoms with E-state index in [4.69, 9.17) is 4.74 Å². The van der Waals surface area contributed by atoms with Gasteiger partial charge in [-0.1, -0.05) is 0 Å². The summed E-state index contributed by atoms with van der Waals surface area (Å²) in [4.78, 5) is 10.5. The molecule has 0 N–H and O–H groups in total. The molecule has 0 saturated heterocycles. The van der Waals surface area contributed by atoms with Gasteiger partial charge in [0.15, 0.2) is 0 Å². The van der Waals surface area contributed by atoms with Gasteiger partial charge in [-0.05, 0) is 30.7 Å². The zero-order valence-electron chi connectivity index (χ0n) is 6.93. The molecule has 2 nitrogen and oxygen atoms in total. The van der Waals surface area contributed by atoms with Gasteiger partial charge in [0.1, 0.15) is 11.6 Å². The van der Waals surface area contributed by atoms with Gasteiger partial charge in [-0.3, -0.25) is 4.79 Å². The van der Waals surface area contributed by atoms with Crippen molar-refractivity contribution in [3.8, 4) is 5.75 Å². The zero-order chi connectivity index (χ0) is 9.14. The van der Waals surface area contributed by atoms with Crippen LogP contribution in [0.2, 0.25) is 0 Å². The van der Waals surface area contributed by atoms with Gasteiger partial charge >= 0.3 is 5.97 Å². The first-order valence-corrected chi connectivity index (χ1v) is 3.54. The van der Waals surface area contributed by atoms with Crippen LogP contribution >= 0.6 is 0 Å². The van der Waals surface area contributed by atoms with Gasteiger partial charge in [-0.2, -0.15) is 0 Å². The fourth-order valence-corrected chi connectivity index (χ4v) is 0.882. The van der Waals surface area contributed by atoms with Crippen molar-refractivity contribution in [3.05, 3.63) is 29.6 Å². The molecule has 0 atom stereocenters. The maximum Gasteiger partial charge on any atom is 0.308 e. The van der Waals surface area contributed by atoms with E-state index in [9.17, 15) is 9.18 Å². The zero-order valence-corrected chi connectivity index (χ0v) is 6.93. The Kier molecular flexibility index (Phi) is 2.43. The maximum absolute atomic E-state index is 12.5. The highest BCUT2D eigenvalue weighted by Gasteiger charge is 2.02. The Bertz CT molecular complexity index is 307. The Hall–Kier alpha value is -1.38. The van der Waals surface area contributed by atoms with E-state index in [0.29, 0.717) is 11.3 Å². The summed E-state index contributed by atoms with van der Waals surface area (Å²) in [6.45, 7) is 2.99. The molecule has 1 aromatic carbocycles. The van der Waals surface area contributed by atoms with Crippen molar-refractivity contribution in [2.45, 2.75) is 13.8 Å². The summed E-state index contributed by atoms with van der Waals surface area (Å²) in [5.41, 5.74) is 0.616. The predicted octanol–water partition coefficient (Wildman–Crippen LogP) is 2.06. The van der Waals surface area contributed by atoms with Crippen LogP contribution in [0, 0.1) is 12.7 Å². The number of rotatable bonds is 1. The van der Waals surface area contributed by atoms with Gasteiger partial charge in [-0.15, -0.1) is 0 Å². The van der Waals surface area contributed by atoms with E-state index in [1.54, 1.807) is 6.92 Å². The molecule has 0 saturated carbocycles. The molecule has 0 amide bonds. The number of aryl methyl sites for hydroxylation is 1. The van der Waals surface area contributed by atoms with Crippen molar-refractivity contribution >= 4 is 5.97 Å². The first-order valence-electron chi connectivity index (χ1n) is 3.54. The van der Waals surface area contributed by atoms with Crippen molar-refractivity contribution in [2.75, 3.05) is 0 Å². The quantitative estimate of drug-likeness (QED) is 0.474. The normalized spacial score (nSPS) is 9.58. The minimum atomic E-state index is -0.398. The Labute approximate surface area is 70.0 Å². The standard InChI is InChI=1S/C9H9FO2/c1-6-5-8(10)3-4-9(6)12-7(2)11/h3-5H,1-2H3. The molecule has 0 heterocycles. The lowest BCUT2D eigenvalue weighted by molar-refractivity contribution is -0.131. The molecule has 1 aromatic rings. The van der Waals surface area contributed by atoms with Gasteiger partial charge < -0.3 is 4.74 Å². The number of hydrogen-bond acceptors (Lipinski definition) is 2. The molecule has 0 aromatic heterocycles. The van der Waals surface area contributed by atoms with Crippen LogP contribution in [0.15, 0.2) is 18.2 Å². The van der Waals surface area contributed by atoms with Crippen LogP contribution in [0.5, 0.6) is 5.75 Å². The highest BCUT2D eigenvalue weighted by molar-refractivity contribution is 5.69. The summed E-state index contributed by atoms with van der Waals surface area (Å²) in [6, 6.07) is 4.01. The number of hydrogen-bond donors (Lipinski definition) is 0. The molecule has 0 unspecified atom stereocenters. The van der Waals surface area contributed by atoms with E-state index in [-0.39, 0.29) is 5.82 Å². The third-order valence-corrected chi connectivity index (χ3v) is 1.39. The molecule has 0 spiro atoms. The minimum absolute atomic E-state index is 0.330. The fourth-order valence-electron chi connectivity index (χ4n) is 0.882. The molecular weight excluding hydrogens is 159 g/mol. The van der Waals surface area contributed by atoms with Crippen LogP contribution in [-0.4, -0.2) is 5.97 Å². The molecular formula is C9H9FO2. The van der Waals surface area contributed by atoms with Crippen LogP contribution in [0.1, 0.15) is 12.5 Å². The SMILES string of the molecule is CC(=O)Oc1ccc(F)cc1C. The second-order valence-electron chi connectivity index (χ2n) is 2.50. The van der Waals surface area contributed by atoms with Crippen LogP contribution < -0.4 is 4.74 Å². The second-order valence-corrected chi connectivity index (χ2v) is 2.50. The summed E-state index contributed by atoms with van der Waals surface area (Å²) in [6.07, 6.45) is 0. The Morgan fingerprint density at radius 3 is 2.67 bits per heavy atom. The molecule has 3 heteroatoms. The summed E-state index contributed by atoms with van der Waals surface area (Å²) < 4.78 is 17.3. The van der Waals surface area contributed by atoms with Gasteiger partial charge in [0, 0.05) is 6.92 Å². The van der Waals surface area contributed by atoms with Crippen molar-refractivity contribution in [1.29, 1.82) is 0 Å². The largest absolute Gasteiger partial charge is 0.426 e. The fraction of sp³-hybridized carbons (Fsp3) is 0.222. The number of ether oxygens (including phenoxy) is 1. The number of esters is 1. The van der Waals surface area contributed by atoms with Crippen molar-refractivity contribution in [2.24, 2.45) is 0 Å². The molecule has 0 aliphatic carbocycles. The van der Waals surface area contributed by atoms with Crippen LogP contribution in [0.4, 0.5) is 4.39 Å². The molecule has 12 heavy (non-hydrogen) atoms. The number of benzene rings is 1. The molecule has 0 aliphatic heterocycles. The Balaban J connectivity index is 2.93. The number of carbonyl (C=O) groups excluding carboxylic acids is 1. The predicted molar refractivity (Wildman–Crippen MR) is 42.4 cm³/mol. The summed E-state index contributed by atoms with van der Waals surface area (Å²) >= 11 is 0. The van der Waals surface area contributed by atoms with Crippen molar-refractivity contribution in [3.63, 3.8) is 0 Å². The van der Waals surface area contributed by atoms with E-state index in [0.717, 1.165) is 0 Å². The lowest BCUT2D eigenvalue weighted by atomic mass is 10.2. The highest BCUT2D eigenvalue weighted by atomic mass is 19.1.